The summed E-state index contributed by atoms with van der Waals surface area (Å²) in [6.07, 6.45) is -0.116. The smallest absolute Gasteiger partial charge is 0.248 e. The molecule has 0 heterocycles. The van der Waals surface area contributed by atoms with Crippen molar-refractivity contribution in [1.29, 1.82) is 0 Å². The summed E-state index contributed by atoms with van der Waals surface area (Å²) in [5.74, 6) is -2.62. The van der Waals surface area contributed by atoms with Gasteiger partial charge >= 0.3 is 0 Å². The molecule has 4 heteroatoms. The maximum Gasteiger partial charge on any atom is 0.248 e. The summed E-state index contributed by atoms with van der Waals surface area (Å²) < 4.78 is 39.7. The summed E-state index contributed by atoms with van der Waals surface area (Å²) in [6.45, 7) is 3.01. The minimum Gasteiger partial charge on any atom is -0.330 e. The van der Waals surface area contributed by atoms with Crippen LogP contribution in [-0.2, 0) is 0 Å². The molecule has 0 amide bonds. The van der Waals surface area contributed by atoms with Crippen molar-refractivity contribution < 1.29 is 13.2 Å². The van der Waals surface area contributed by atoms with Crippen LogP contribution in [0.4, 0.5) is 13.2 Å². The molecule has 0 atom stereocenters. The Balaban J connectivity index is 2.77. The van der Waals surface area contributed by atoms with Crippen molar-refractivity contribution in [3.05, 3.63) is 0 Å². The number of rotatable bonds is 2. The van der Waals surface area contributed by atoms with E-state index in [9.17, 15) is 13.2 Å². The van der Waals surface area contributed by atoms with E-state index in [0.29, 0.717) is 0 Å². The number of hydrogen-bond donors (Lipinski definition) is 1. The molecule has 84 valence electrons. The van der Waals surface area contributed by atoms with Crippen LogP contribution in [0.2, 0.25) is 0 Å². The highest BCUT2D eigenvalue weighted by Gasteiger charge is 2.50. The van der Waals surface area contributed by atoms with E-state index in [1.807, 2.05) is 0 Å². The zero-order valence-corrected chi connectivity index (χ0v) is 8.75. The van der Waals surface area contributed by atoms with Gasteiger partial charge in [0.1, 0.15) is 5.67 Å². The van der Waals surface area contributed by atoms with E-state index in [0.717, 1.165) is 0 Å². The minimum atomic E-state index is -2.62. The molecule has 1 aliphatic carbocycles. The van der Waals surface area contributed by atoms with Crippen LogP contribution in [-0.4, -0.2) is 18.1 Å². The lowest BCUT2D eigenvalue weighted by Gasteiger charge is -2.45. The number of halogens is 3. The molecule has 1 aliphatic rings. The first kappa shape index (κ1) is 11.8. The lowest BCUT2D eigenvalue weighted by Crippen LogP contribution is -2.50. The summed E-state index contributed by atoms with van der Waals surface area (Å²) in [7, 11) is 0. The molecular formula is C10H18F3N. The van der Waals surface area contributed by atoms with Crippen molar-refractivity contribution >= 4 is 0 Å². The molecule has 2 N–H and O–H groups in total. The third-order valence-corrected chi connectivity index (χ3v) is 3.59. The highest BCUT2D eigenvalue weighted by molar-refractivity contribution is 4.99. The van der Waals surface area contributed by atoms with Gasteiger partial charge in [-0.05, 0) is 26.7 Å². The Labute approximate surface area is 82.9 Å². The predicted molar refractivity (Wildman–Crippen MR) is 50.1 cm³/mol. The molecule has 0 unspecified atom stereocenters. The third kappa shape index (κ3) is 2.05. The minimum absolute atomic E-state index is 0.145. The molecule has 0 bridgehead atoms. The Morgan fingerprint density at radius 1 is 1.14 bits per heavy atom. The molecule has 1 saturated carbocycles. The van der Waals surface area contributed by atoms with Gasteiger partial charge in [-0.15, -0.1) is 0 Å². The van der Waals surface area contributed by atoms with E-state index < -0.39 is 17.0 Å². The summed E-state index contributed by atoms with van der Waals surface area (Å²) >= 11 is 0. The van der Waals surface area contributed by atoms with Gasteiger partial charge < -0.3 is 5.73 Å². The average Bonchev–Trinajstić information content (AvgIpc) is 2.03. The van der Waals surface area contributed by atoms with Crippen LogP contribution >= 0.6 is 0 Å². The average molecular weight is 209 g/mol. The first-order valence-electron chi connectivity index (χ1n) is 4.99. The van der Waals surface area contributed by atoms with E-state index >= 15 is 0 Å². The van der Waals surface area contributed by atoms with E-state index in [1.54, 1.807) is 0 Å². The number of nitrogens with two attached hydrogens (primary N) is 1. The van der Waals surface area contributed by atoms with Gasteiger partial charge in [-0.2, -0.15) is 0 Å². The van der Waals surface area contributed by atoms with E-state index in [2.05, 4.69) is 0 Å². The van der Waals surface area contributed by atoms with Crippen LogP contribution in [0.5, 0.6) is 0 Å². The lowest BCUT2D eigenvalue weighted by molar-refractivity contribution is -0.102. The van der Waals surface area contributed by atoms with E-state index in [1.165, 1.54) is 13.8 Å². The van der Waals surface area contributed by atoms with Gasteiger partial charge in [0.25, 0.3) is 0 Å². The van der Waals surface area contributed by atoms with Gasteiger partial charge in [0, 0.05) is 24.8 Å². The van der Waals surface area contributed by atoms with Gasteiger partial charge in [0.2, 0.25) is 5.92 Å². The zero-order valence-electron chi connectivity index (χ0n) is 8.75. The SMILES string of the molecule is CC(C)(F)C1(CN)CCC(F)(F)CC1. The number of alkyl halides is 3. The second kappa shape index (κ2) is 3.40. The maximum atomic E-state index is 13.9. The Kier molecular flexibility index (Phi) is 2.87. The molecule has 0 aliphatic heterocycles. The molecule has 1 rings (SSSR count). The van der Waals surface area contributed by atoms with Crippen LogP contribution in [0.25, 0.3) is 0 Å². The highest BCUT2D eigenvalue weighted by atomic mass is 19.3. The standard InChI is InChI=1S/C10H18F3N/c1-8(2,11)9(7-14)3-5-10(12,13)6-4-9/h3-7,14H2,1-2H3. The van der Waals surface area contributed by atoms with Crippen molar-refractivity contribution in [2.75, 3.05) is 6.54 Å². The largest absolute Gasteiger partial charge is 0.330 e. The molecular weight excluding hydrogens is 191 g/mol. The van der Waals surface area contributed by atoms with Crippen molar-refractivity contribution in [3.8, 4) is 0 Å². The summed E-state index contributed by atoms with van der Waals surface area (Å²) in [5, 5.41) is 0. The molecule has 14 heavy (non-hydrogen) atoms. The molecule has 0 aromatic rings. The third-order valence-electron chi connectivity index (χ3n) is 3.59. The molecule has 0 radical (unpaired) electrons. The van der Waals surface area contributed by atoms with Crippen molar-refractivity contribution in [1.82, 2.24) is 0 Å². The van der Waals surface area contributed by atoms with Gasteiger partial charge in [-0.3, -0.25) is 0 Å². The molecule has 0 spiro atoms. The zero-order chi connectivity index (χ0) is 11.0. The van der Waals surface area contributed by atoms with E-state index in [-0.39, 0.29) is 32.2 Å². The lowest BCUT2D eigenvalue weighted by atomic mass is 9.64. The topological polar surface area (TPSA) is 26.0 Å². The van der Waals surface area contributed by atoms with Gasteiger partial charge in [0.05, 0.1) is 0 Å². The second-order valence-corrected chi connectivity index (χ2v) is 4.81. The highest BCUT2D eigenvalue weighted by Crippen LogP contribution is 2.50. The van der Waals surface area contributed by atoms with Crippen molar-refractivity contribution in [3.63, 3.8) is 0 Å². The first-order chi connectivity index (χ1) is 6.22. The molecule has 1 fully saturated rings. The van der Waals surface area contributed by atoms with Crippen LogP contribution in [0.1, 0.15) is 39.5 Å². The van der Waals surface area contributed by atoms with Crippen molar-refractivity contribution in [2.45, 2.75) is 51.1 Å². The summed E-state index contributed by atoms with van der Waals surface area (Å²) in [4.78, 5) is 0. The monoisotopic (exact) mass is 209 g/mol. The Morgan fingerprint density at radius 3 is 1.86 bits per heavy atom. The molecule has 0 aromatic heterocycles. The fourth-order valence-corrected chi connectivity index (χ4v) is 2.14. The van der Waals surface area contributed by atoms with Crippen LogP contribution < -0.4 is 5.73 Å². The maximum absolute atomic E-state index is 13.9. The van der Waals surface area contributed by atoms with Crippen LogP contribution in [0.3, 0.4) is 0 Å². The van der Waals surface area contributed by atoms with Gasteiger partial charge in [0.15, 0.2) is 0 Å². The summed E-state index contributed by atoms with van der Waals surface area (Å²) in [6, 6.07) is 0. The summed E-state index contributed by atoms with van der Waals surface area (Å²) in [5.41, 5.74) is 3.30. The quantitative estimate of drug-likeness (QED) is 0.743. The van der Waals surface area contributed by atoms with Gasteiger partial charge in [-0.25, -0.2) is 13.2 Å². The van der Waals surface area contributed by atoms with Crippen LogP contribution in [0, 0.1) is 5.41 Å². The fraction of sp³-hybridized carbons (Fsp3) is 1.00. The molecule has 0 saturated heterocycles. The molecule has 1 nitrogen and oxygen atoms in total. The Bertz CT molecular complexity index is 198. The van der Waals surface area contributed by atoms with Gasteiger partial charge in [-0.1, -0.05) is 0 Å². The molecule has 0 aromatic carbocycles. The van der Waals surface area contributed by atoms with Crippen molar-refractivity contribution in [2.24, 2.45) is 11.1 Å². The fourth-order valence-electron chi connectivity index (χ4n) is 2.14. The Hall–Kier alpha value is -0.250. The van der Waals surface area contributed by atoms with E-state index in [4.69, 9.17) is 5.73 Å². The second-order valence-electron chi connectivity index (χ2n) is 4.81. The number of hydrogen-bond acceptors (Lipinski definition) is 1. The Morgan fingerprint density at radius 2 is 1.57 bits per heavy atom. The predicted octanol–water partition coefficient (Wildman–Crippen LogP) is 2.89. The van der Waals surface area contributed by atoms with Crippen LogP contribution in [0.15, 0.2) is 0 Å². The first-order valence-corrected chi connectivity index (χ1v) is 4.99. The normalized spacial score (nSPS) is 26.1.